The molecule has 1 unspecified atom stereocenters. The lowest BCUT2D eigenvalue weighted by atomic mass is 9.98. The van der Waals surface area contributed by atoms with Crippen molar-refractivity contribution in [1.29, 1.82) is 0 Å². The van der Waals surface area contributed by atoms with Gasteiger partial charge >= 0.3 is 0 Å². The van der Waals surface area contributed by atoms with E-state index in [4.69, 9.17) is 9.47 Å². The van der Waals surface area contributed by atoms with Crippen molar-refractivity contribution in [1.82, 2.24) is 5.32 Å². The van der Waals surface area contributed by atoms with E-state index < -0.39 is 0 Å². The van der Waals surface area contributed by atoms with Gasteiger partial charge in [-0.05, 0) is 36.6 Å². The third-order valence-corrected chi connectivity index (χ3v) is 3.10. The van der Waals surface area contributed by atoms with E-state index in [1.165, 1.54) is 12.0 Å². The van der Waals surface area contributed by atoms with E-state index in [0.717, 1.165) is 24.6 Å². The second kappa shape index (κ2) is 3.74. The zero-order chi connectivity index (χ0) is 10.1. The first-order chi connectivity index (χ1) is 7.43. The van der Waals surface area contributed by atoms with Crippen LogP contribution in [-0.2, 0) is 0 Å². The minimum absolute atomic E-state index is 0.640. The molecule has 2 aliphatic heterocycles. The highest BCUT2D eigenvalue weighted by Crippen LogP contribution is 2.34. The average Bonchev–Trinajstić information content (AvgIpc) is 2.82. The summed E-state index contributed by atoms with van der Waals surface area (Å²) in [6, 6.07) is 6.32. The third-order valence-electron chi connectivity index (χ3n) is 3.10. The maximum absolute atomic E-state index is 5.58. The standard InChI is InChI=1S/C12H15NO2/c1-2-11-12(15-6-5-14-11)7-9(1)10-3-4-13-8-10/h1-2,7,10,13H,3-6,8H2. The van der Waals surface area contributed by atoms with Crippen molar-refractivity contribution in [2.45, 2.75) is 12.3 Å². The van der Waals surface area contributed by atoms with Gasteiger partial charge in [-0.15, -0.1) is 0 Å². The van der Waals surface area contributed by atoms with Crippen LogP contribution in [0.25, 0.3) is 0 Å². The van der Waals surface area contributed by atoms with Gasteiger partial charge in [0, 0.05) is 6.54 Å². The predicted molar refractivity (Wildman–Crippen MR) is 57.7 cm³/mol. The Bertz CT molecular complexity index is 359. The summed E-state index contributed by atoms with van der Waals surface area (Å²) in [4.78, 5) is 0. The first kappa shape index (κ1) is 9.04. The van der Waals surface area contributed by atoms with E-state index in [-0.39, 0.29) is 0 Å². The first-order valence-electron chi connectivity index (χ1n) is 5.54. The molecule has 2 heterocycles. The fourth-order valence-electron chi connectivity index (χ4n) is 2.25. The Morgan fingerprint density at radius 3 is 2.80 bits per heavy atom. The topological polar surface area (TPSA) is 30.5 Å². The molecule has 1 atom stereocenters. The summed E-state index contributed by atoms with van der Waals surface area (Å²) in [5, 5.41) is 3.38. The first-order valence-corrected chi connectivity index (χ1v) is 5.54. The molecule has 80 valence electrons. The molecule has 0 radical (unpaired) electrons. The maximum atomic E-state index is 5.58. The normalized spacial score (nSPS) is 24.1. The van der Waals surface area contributed by atoms with Gasteiger partial charge in [0.05, 0.1) is 0 Å². The van der Waals surface area contributed by atoms with Crippen LogP contribution in [0.3, 0.4) is 0 Å². The zero-order valence-electron chi connectivity index (χ0n) is 8.66. The Hall–Kier alpha value is -1.22. The summed E-state index contributed by atoms with van der Waals surface area (Å²) >= 11 is 0. The van der Waals surface area contributed by atoms with E-state index in [2.05, 4.69) is 17.4 Å². The Morgan fingerprint density at radius 2 is 2.00 bits per heavy atom. The number of benzene rings is 1. The van der Waals surface area contributed by atoms with Crippen molar-refractivity contribution in [2.24, 2.45) is 0 Å². The van der Waals surface area contributed by atoms with Crippen molar-refractivity contribution < 1.29 is 9.47 Å². The van der Waals surface area contributed by atoms with E-state index in [0.29, 0.717) is 19.1 Å². The predicted octanol–water partition coefficient (Wildman–Crippen LogP) is 1.53. The summed E-state index contributed by atoms with van der Waals surface area (Å²) in [5.74, 6) is 2.43. The van der Waals surface area contributed by atoms with E-state index in [9.17, 15) is 0 Å². The highest BCUT2D eigenvalue weighted by Gasteiger charge is 2.19. The lowest BCUT2D eigenvalue weighted by Gasteiger charge is -2.20. The summed E-state index contributed by atoms with van der Waals surface area (Å²) in [7, 11) is 0. The van der Waals surface area contributed by atoms with Crippen molar-refractivity contribution in [3.63, 3.8) is 0 Å². The van der Waals surface area contributed by atoms with Gasteiger partial charge in [0.15, 0.2) is 11.5 Å². The molecule has 1 N–H and O–H groups in total. The molecule has 0 spiro atoms. The van der Waals surface area contributed by atoms with Crippen LogP contribution in [0.15, 0.2) is 18.2 Å². The van der Waals surface area contributed by atoms with Crippen LogP contribution in [0.2, 0.25) is 0 Å². The quantitative estimate of drug-likeness (QED) is 0.754. The largest absolute Gasteiger partial charge is 0.486 e. The third kappa shape index (κ3) is 1.67. The van der Waals surface area contributed by atoms with Gasteiger partial charge < -0.3 is 14.8 Å². The summed E-state index contributed by atoms with van der Waals surface area (Å²) in [6.45, 7) is 3.54. The molecule has 0 bridgehead atoms. The molecule has 1 fully saturated rings. The molecule has 0 aliphatic carbocycles. The Balaban J connectivity index is 1.89. The SMILES string of the molecule is c1cc2c(cc1C1CCNC1)OCCO2. The van der Waals surface area contributed by atoms with Gasteiger partial charge in [0.1, 0.15) is 13.2 Å². The van der Waals surface area contributed by atoms with Crippen LogP contribution in [-0.4, -0.2) is 26.3 Å². The molecule has 15 heavy (non-hydrogen) atoms. The monoisotopic (exact) mass is 205 g/mol. The number of hydrogen-bond donors (Lipinski definition) is 1. The number of fused-ring (bicyclic) bond motifs is 1. The molecule has 3 heteroatoms. The van der Waals surface area contributed by atoms with Crippen molar-refractivity contribution in [3.8, 4) is 11.5 Å². The number of ether oxygens (including phenoxy) is 2. The number of nitrogens with one attached hydrogen (secondary N) is 1. The second-order valence-electron chi connectivity index (χ2n) is 4.09. The summed E-state index contributed by atoms with van der Waals surface area (Å²) in [6.07, 6.45) is 1.22. The molecular weight excluding hydrogens is 190 g/mol. The molecular formula is C12H15NO2. The minimum atomic E-state index is 0.640. The molecule has 3 rings (SSSR count). The van der Waals surface area contributed by atoms with Crippen LogP contribution >= 0.6 is 0 Å². The zero-order valence-corrected chi connectivity index (χ0v) is 8.66. The highest BCUT2D eigenvalue weighted by atomic mass is 16.6. The van der Waals surface area contributed by atoms with Gasteiger partial charge in [0.2, 0.25) is 0 Å². The lowest BCUT2D eigenvalue weighted by Crippen LogP contribution is -2.15. The van der Waals surface area contributed by atoms with Crippen LogP contribution in [0.1, 0.15) is 17.9 Å². The summed E-state index contributed by atoms with van der Waals surface area (Å²) < 4.78 is 11.1. The fraction of sp³-hybridized carbons (Fsp3) is 0.500. The second-order valence-corrected chi connectivity index (χ2v) is 4.09. The molecule has 1 saturated heterocycles. The number of hydrogen-bond acceptors (Lipinski definition) is 3. The molecule has 3 nitrogen and oxygen atoms in total. The smallest absolute Gasteiger partial charge is 0.161 e. The van der Waals surface area contributed by atoms with Gasteiger partial charge in [-0.25, -0.2) is 0 Å². The van der Waals surface area contributed by atoms with Crippen molar-refractivity contribution in [2.75, 3.05) is 26.3 Å². The minimum Gasteiger partial charge on any atom is -0.486 e. The van der Waals surface area contributed by atoms with Gasteiger partial charge in [0.25, 0.3) is 0 Å². The Labute approximate surface area is 89.4 Å². The van der Waals surface area contributed by atoms with Gasteiger partial charge in [-0.2, -0.15) is 0 Å². The van der Waals surface area contributed by atoms with Crippen molar-refractivity contribution >= 4 is 0 Å². The Morgan fingerprint density at radius 1 is 1.13 bits per heavy atom. The average molecular weight is 205 g/mol. The van der Waals surface area contributed by atoms with Crippen LogP contribution < -0.4 is 14.8 Å². The molecule has 0 amide bonds. The maximum Gasteiger partial charge on any atom is 0.161 e. The highest BCUT2D eigenvalue weighted by molar-refractivity contribution is 5.45. The van der Waals surface area contributed by atoms with Crippen LogP contribution in [0.5, 0.6) is 11.5 Å². The van der Waals surface area contributed by atoms with Gasteiger partial charge in [-0.1, -0.05) is 6.07 Å². The fourth-order valence-corrected chi connectivity index (χ4v) is 2.25. The van der Waals surface area contributed by atoms with E-state index >= 15 is 0 Å². The van der Waals surface area contributed by atoms with E-state index in [1.54, 1.807) is 0 Å². The molecule has 2 aliphatic rings. The van der Waals surface area contributed by atoms with Gasteiger partial charge in [-0.3, -0.25) is 0 Å². The van der Waals surface area contributed by atoms with Crippen LogP contribution in [0.4, 0.5) is 0 Å². The molecule has 0 saturated carbocycles. The molecule has 1 aromatic rings. The van der Waals surface area contributed by atoms with E-state index in [1.807, 2.05) is 6.07 Å². The Kier molecular flexibility index (Phi) is 2.25. The van der Waals surface area contributed by atoms with Crippen LogP contribution in [0, 0.1) is 0 Å². The lowest BCUT2D eigenvalue weighted by molar-refractivity contribution is 0.171. The molecule has 1 aromatic carbocycles. The molecule has 0 aromatic heterocycles. The van der Waals surface area contributed by atoms with Crippen molar-refractivity contribution in [3.05, 3.63) is 23.8 Å². The summed E-state index contributed by atoms with van der Waals surface area (Å²) in [5.41, 5.74) is 1.37. The number of rotatable bonds is 1.